The molecule has 24 heavy (non-hydrogen) atoms. The van der Waals surface area contributed by atoms with E-state index in [4.69, 9.17) is 4.99 Å². The molecule has 1 aliphatic carbocycles. The third kappa shape index (κ3) is 3.38. The highest BCUT2D eigenvalue weighted by molar-refractivity contribution is 5.84. The van der Waals surface area contributed by atoms with Gasteiger partial charge in [0.25, 0.3) is 0 Å². The van der Waals surface area contributed by atoms with E-state index in [0.717, 1.165) is 19.5 Å². The maximum Gasteiger partial charge on any atom is 0.0996 e. The third-order valence-corrected chi connectivity index (χ3v) is 5.43. The zero-order valence-corrected chi connectivity index (χ0v) is 14.3. The lowest BCUT2D eigenvalue weighted by Crippen LogP contribution is -2.26. The Bertz CT molecular complexity index is 678. The maximum atomic E-state index is 5.25. The first-order valence-electron chi connectivity index (χ1n) is 9.30. The van der Waals surface area contributed by atoms with Gasteiger partial charge >= 0.3 is 0 Å². The quantitative estimate of drug-likeness (QED) is 0.773. The number of rotatable bonds is 4. The average molecular weight is 318 g/mol. The zero-order chi connectivity index (χ0) is 16.2. The summed E-state index contributed by atoms with van der Waals surface area (Å²) in [5, 5.41) is 0. The molecule has 1 aliphatic heterocycles. The molecule has 2 aliphatic rings. The van der Waals surface area contributed by atoms with Crippen LogP contribution in [0, 0.1) is 0 Å². The molecule has 2 heteroatoms. The monoisotopic (exact) mass is 318 g/mol. The summed E-state index contributed by atoms with van der Waals surface area (Å²) in [4.78, 5) is 7.75. The standard InChI is InChI=1S/C22H26N2/c1-3-9-18(10-4-1)17-24-16-8-15-22(24)23-21-14-7-13-20(21)19-11-5-2-6-12-19/h1-6,9-12,20-21H,7-8,13-17H2. The van der Waals surface area contributed by atoms with Crippen LogP contribution in [0.25, 0.3) is 0 Å². The van der Waals surface area contributed by atoms with Gasteiger partial charge in [-0.15, -0.1) is 0 Å². The normalized spacial score (nSPS) is 25.5. The SMILES string of the molecule is c1ccc(CN2CCCC2=NC2CCCC2c2ccccc2)cc1. The molecule has 2 aromatic carbocycles. The lowest BCUT2D eigenvalue weighted by Gasteiger charge is -2.23. The zero-order valence-electron chi connectivity index (χ0n) is 14.3. The number of aliphatic imine (C=N–C) groups is 1. The van der Waals surface area contributed by atoms with E-state index in [1.807, 2.05) is 0 Å². The van der Waals surface area contributed by atoms with Crippen molar-refractivity contribution in [3.8, 4) is 0 Å². The van der Waals surface area contributed by atoms with Gasteiger partial charge in [0, 0.05) is 25.4 Å². The Morgan fingerprint density at radius 2 is 1.62 bits per heavy atom. The van der Waals surface area contributed by atoms with Crippen LogP contribution in [0.5, 0.6) is 0 Å². The highest BCUT2D eigenvalue weighted by Gasteiger charge is 2.30. The van der Waals surface area contributed by atoms with Crippen LogP contribution in [0.1, 0.15) is 49.1 Å². The molecule has 124 valence electrons. The van der Waals surface area contributed by atoms with Gasteiger partial charge in [0.2, 0.25) is 0 Å². The second kappa shape index (κ2) is 7.21. The third-order valence-electron chi connectivity index (χ3n) is 5.43. The van der Waals surface area contributed by atoms with Gasteiger partial charge in [-0.2, -0.15) is 0 Å². The average Bonchev–Trinajstić information content (AvgIpc) is 3.27. The smallest absolute Gasteiger partial charge is 0.0996 e. The van der Waals surface area contributed by atoms with Gasteiger partial charge in [-0.25, -0.2) is 0 Å². The van der Waals surface area contributed by atoms with Crippen molar-refractivity contribution in [3.05, 3.63) is 71.8 Å². The van der Waals surface area contributed by atoms with Gasteiger partial charge in [-0.05, 0) is 30.4 Å². The van der Waals surface area contributed by atoms with E-state index < -0.39 is 0 Å². The topological polar surface area (TPSA) is 15.6 Å². The number of amidine groups is 1. The molecule has 1 saturated carbocycles. The van der Waals surface area contributed by atoms with Crippen molar-refractivity contribution in [2.45, 2.75) is 50.6 Å². The summed E-state index contributed by atoms with van der Waals surface area (Å²) >= 11 is 0. The summed E-state index contributed by atoms with van der Waals surface area (Å²) in [6.07, 6.45) is 6.21. The van der Waals surface area contributed by atoms with E-state index in [9.17, 15) is 0 Å². The first-order chi connectivity index (χ1) is 11.9. The van der Waals surface area contributed by atoms with Crippen molar-refractivity contribution in [2.75, 3.05) is 6.54 Å². The number of hydrogen-bond donors (Lipinski definition) is 0. The lowest BCUT2D eigenvalue weighted by molar-refractivity contribution is 0.442. The minimum atomic E-state index is 0.471. The first kappa shape index (κ1) is 15.4. The molecule has 0 spiro atoms. The Morgan fingerprint density at radius 3 is 2.42 bits per heavy atom. The van der Waals surface area contributed by atoms with Crippen LogP contribution < -0.4 is 0 Å². The van der Waals surface area contributed by atoms with Crippen molar-refractivity contribution in [2.24, 2.45) is 4.99 Å². The minimum absolute atomic E-state index is 0.471. The van der Waals surface area contributed by atoms with Crippen LogP contribution in [0.2, 0.25) is 0 Å². The van der Waals surface area contributed by atoms with Crippen molar-refractivity contribution in [1.29, 1.82) is 0 Å². The van der Waals surface area contributed by atoms with Crippen LogP contribution in [0.4, 0.5) is 0 Å². The van der Waals surface area contributed by atoms with Crippen LogP contribution in [0.15, 0.2) is 65.7 Å². The van der Waals surface area contributed by atoms with Gasteiger partial charge < -0.3 is 4.90 Å². The lowest BCUT2D eigenvalue weighted by atomic mass is 9.94. The van der Waals surface area contributed by atoms with E-state index in [-0.39, 0.29) is 0 Å². The Balaban J connectivity index is 1.51. The molecular formula is C22H26N2. The Morgan fingerprint density at radius 1 is 0.875 bits per heavy atom. The van der Waals surface area contributed by atoms with Crippen molar-refractivity contribution in [3.63, 3.8) is 0 Å². The van der Waals surface area contributed by atoms with E-state index in [0.29, 0.717) is 12.0 Å². The molecule has 2 unspecified atom stereocenters. The fourth-order valence-electron chi connectivity index (χ4n) is 4.21. The number of nitrogens with zero attached hydrogens (tertiary/aromatic N) is 2. The Labute approximate surface area is 145 Å². The highest BCUT2D eigenvalue weighted by Crippen LogP contribution is 2.37. The fraction of sp³-hybridized carbons (Fsp3) is 0.409. The maximum absolute atomic E-state index is 5.25. The largest absolute Gasteiger partial charge is 0.356 e. The van der Waals surface area contributed by atoms with Crippen molar-refractivity contribution >= 4 is 5.84 Å². The van der Waals surface area contributed by atoms with Crippen LogP contribution >= 0.6 is 0 Å². The summed E-state index contributed by atoms with van der Waals surface area (Å²) < 4.78 is 0. The van der Waals surface area contributed by atoms with E-state index >= 15 is 0 Å². The van der Waals surface area contributed by atoms with Crippen molar-refractivity contribution in [1.82, 2.24) is 4.90 Å². The molecule has 2 aromatic rings. The number of hydrogen-bond acceptors (Lipinski definition) is 1. The molecule has 4 rings (SSSR count). The van der Waals surface area contributed by atoms with E-state index in [1.54, 1.807) is 0 Å². The second-order valence-corrected chi connectivity index (χ2v) is 7.07. The minimum Gasteiger partial charge on any atom is -0.356 e. The van der Waals surface area contributed by atoms with E-state index in [1.165, 1.54) is 42.6 Å². The summed E-state index contributed by atoms with van der Waals surface area (Å²) in [5.74, 6) is 1.95. The molecular weight excluding hydrogens is 292 g/mol. The van der Waals surface area contributed by atoms with E-state index in [2.05, 4.69) is 65.6 Å². The summed E-state index contributed by atoms with van der Waals surface area (Å²) in [7, 11) is 0. The summed E-state index contributed by atoms with van der Waals surface area (Å²) in [6, 6.07) is 22.2. The van der Waals surface area contributed by atoms with Crippen LogP contribution in [-0.4, -0.2) is 23.3 Å². The van der Waals surface area contributed by atoms with Gasteiger partial charge in [0.05, 0.1) is 11.9 Å². The molecule has 0 amide bonds. The summed E-state index contributed by atoms with van der Waals surface area (Å²) in [6.45, 7) is 2.15. The molecule has 0 radical (unpaired) electrons. The molecule has 0 bridgehead atoms. The van der Waals surface area contributed by atoms with Gasteiger partial charge in [0.1, 0.15) is 0 Å². The molecule has 2 nitrogen and oxygen atoms in total. The van der Waals surface area contributed by atoms with Crippen LogP contribution in [0.3, 0.4) is 0 Å². The second-order valence-electron chi connectivity index (χ2n) is 7.07. The van der Waals surface area contributed by atoms with Gasteiger partial charge in [0.15, 0.2) is 0 Å². The molecule has 2 atom stereocenters. The summed E-state index contributed by atoms with van der Waals surface area (Å²) in [5.41, 5.74) is 2.86. The molecule has 2 fully saturated rings. The first-order valence-corrected chi connectivity index (χ1v) is 9.30. The molecule has 0 aromatic heterocycles. The molecule has 1 saturated heterocycles. The Hall–Kier alpha value is -2.09. The van der Waals surface area contributed by atoms with Gasteiger partial charge in [-0.3, -0.25) is 4.99 Å². The van der Waals surface area contributed by atoms with Gasteiger partial charge in [-0.1, -0.05) is 67.1 Å². The predicted octanol–water partition coefficient (Wildman–Crippen LogP) is 5.02. The molecule has 1 heterocycles. The fourth-order valence-corrected chi connectivity index (χ4v) is 4.21. The number of benzene rings is 2. The highest BCUT2D eigenvalue weighted by atomic mass is 15.2. The van der Waals surface area contributed by atoms with Crippen molar-refractivity contribution < 1.29 is 0 Å². The Kier molecular flexibility index (Phi) is 4.64. The number of likely N-dealkylation sites (tertiary alicyclic amines) is 1. The molecule has 0 N–H and O–H groups in total. The predicted molar refractivity (Wildman–Crippen MR) is 100 cm³/mol. The van der Waals surface area contributed by atoms with Crippen LogP contribution in [-0.2, 0) is 6.54 Å².